The molecule has 0 fully saturated rings. The summed E-state index contributed by atoms with van der Waals surface area (Å²) in [7, 11) is 5.75. The van der Waals surface area contributed by atoms with Crippen LogP contribution >= 0.6 is 35.6 Å². The molecule has 0 atom stereocenters. The summed E-state index contributed by atoms with van der Waals surface area (Å²) >= 11 is 6.18. The maximum atomic E-state index is 6.18. The van der Waals surface area contributed by atoms with Crippen LogP contribution in [0.1, 0.15) is 17.5 Å². The minimum atomic E-state index is 0. The van der Waals surface area contributed by atoms with Crippen molar-refractivity contribution in [1.29, 1.82) is 0 Å². The highest BCUT2D eigenvalue weighted by Crippen LogP contribution is 2.16. The van der Waals surface area contributed by atoms with E-state index in [1.54, 1.807) is 7.05 Å². The fraction of sp³-hybridized carbons (Fsp3) is 0.412. The molecule has 0 radical (unpaired) electrons. The van der Waals surface area contributed by atoms with Crippen molar-refractivity contribution in [3.05, 3.63) is 52.8 Å². The number of halogens is 2. The van der Waals surface area contributed by atoms with Crippen LogP contribution in [0.4, 0.5) is 0 Å². The fourth-order valence-electron chi connectivity index (χ4n) is 2.47. The van der Waals surface area contributed by atoms with E-state index in [1.165, 1.54) is 5.56 Å². The average molecular weight is 462 g/mol. The second-order valence-corrected chi connectivity index (χ2v) is 5.95. The summed E-state index contributed by atoms with van der Waals surface area (Å²) in [5, 5.41) is 8.42. The number of hydrogen-bond acceptors (Lipinski definition) is 2. The molecule has 24 heavy (non-hydrogen) atoms. The molecule has 5 nitrogen and oxygen atoms in total. The highest BCUT2D eigenvalue weighted by Gasteiger charge is 2.07. The first-order chi connectivity index (χ1) is 11.1. The van der Waals surface area contributed by atoms with Gasteiger partial charge in [0.05, 0.1) is 6.20 Å². The summed E-state index contributed by atoms with van der Waals surface area (Å²) in [5.41, 5.74) is 2.35. The van der Waals surface area contributed by atoms with Crippen LogP contribution < -0.4 is 5.32 Å². The van der Waals surface area contributed by atoms with Crippen molar-refractivity contribution in [2.75, 3.05) is 20.6 Å². The zero-order valence-corrected chi connectivity index (χ0v) is 17.5. The van der Waals surface area contributed by atoms with Crippen molar-refractivity contribution < 1.29 is 0 Å². The molecule has 0 amide bonds. The molecule has 0 saturated heterocycles. The maximum Gasteiger partial charge on any atom is 0.193 e. The highest BCUT2D eigenvalue weighted by atomic mass is 127. The summed E-state index contributed by atoms with van der Waals surface area (Å²) in [6.45, 7) is 1.63. The lowest BCUT2D eigenvalue weighted by molar-refractivity contribution is 0.475. The molecule has 1 aromatic carbocycles. The van der Waals surface area contributed by atoms with Gasteiger partial charge in [-0.1, -0.05) is 29.8 Å². The van der Waals surface area contributed by atoms with Crippen molar-refractivity contribution in [3.63, 3.8) is 0 Å². The standard InChI is InChI=1S/C17H24ClN5.HI/c1-19-17(22(2)12-14-11-21-23(3)13-14)20-10-6-8-15-7-4-5-9-16(15)18;/h4-5,7,9,11,13H,6,8,10,12H2,1-3H3,(H,19,20);1H. The van der Waals surface area contributed by atoms with E-state index in [0.717, 1.165) is 42.5 Å². The van der Waals surface area contributed by atoms with Crippen molar-refractivity contribution >= 4 is 41.5 Å². The molecule has 7 heteroatoms. The Balaban J connectivity index is 0.00000288. The third-order valence-electron chi connectivity index (χ3n) is 3.62. The van der Waals surface area contributed by atoms with Gasteiger partial charge < -0.3 is 10.2 Å². The van der Waals surface area contributed by atoms with E-state index >= 15 is 0 Å². The number of nitrogens with zero attached hydrogens (tertiary/aromatic N) is 4. The van der Waals surface area contributed by atoms with Crippen molar-refractivity contribution in [3.8, 4) is 0 Å². The van der Waals surface area contributed by atoms with Gasteiger partial charge in [0.25, 0.3) is 0 Å². The largest absolute Gasteiger partial charge is 0.356 e. The Kier molecular flexibility index (Phi) is 9.13. The Labute approximate surface area is 166 Å². The number of guanidine groups is 1. The normalized spacial score (nSPS) is 11.1. The van der Waals surface area contributed by atoms with E-state index in [2.05, 4.69) is 26.4 Å². The summed E-state index contributed by atoms with van der Waals surface area (Å²) in [5.74, 6) is 0.882. The van der Waals surface area contributed by atoms with Crippen molar-refractivity contribution in [2.24, 2.45) is 12.0 Å². The first-order valence-electron chi connectivity index (χ1n) is 7.73. The number of rotatable bonds is 6. The second-order valence-electron chi connectivity index (χ2n) is 5.55. The van der Waals surface area contributed by atoms with Crippen LogP contribution in [0.2, 0.25) is 5.02 Å². The molecule has 0 aliphatic heterocycles. The SMILES string of the molecule is CN=C(NCCCc1ccccc1Cl)N(C)Cc1cnn(C)c1.I. The van der Waals surface area contributed by atoms with Crippen molar-refractivity contribution in [1.82, 2.24) is 20.0 Å². The van der Waals surface area contributed by atoms with E-state index < -0.39 is 0 Å². The molecule has 0 bridgehead atoms. The minimum absolute atomic E-state index is 0. The lowest BCUT2D eigenvalue weighted by Gasteiger charge is -2.21. The van der Waals surface area contributed by atoms with Gasteiger partial charge in [-0.3, -0.25) is 9.67 Å². The van der Waals surface area contributed by atoms with Crippen LogP contribution in [0.3, 0.4) is 0 Å². The monoisotopic (exact) mass is 461 g/mol. The number of nitrogens with one attached hydrogen (secondary N) is 1. The molecule has 0 aliphatic carbocycles. The van der Waals surface area contributed by atoms with Crippen LogP contribution in [0.25, 0.3) is 0 Å². The summed E-state index contributed by atoms with van der Waals surface area (Å²) < 4.78 is 1.81. The molecule has 2 rings (SSSR count). The molecule has 0 saturated carbocycles. The number of hydrogen-bond donors (Lipinski definition) is 1. The summed E-state index contributed by atoms with van der Waals surface area (Å²) in [6, 6.07) is 7.99. The maximum absolute atomic E-state index is 6.18. The Bertz CT molecular complexity index is 656. The molecule has 1 heterocycles. The predicted molar refractivity (Wildman–Crippen MR) is 111 cm³/mol. The Morgan fingerprint density at radius 1 is 1.38 bits per heavy atom. The van der Waals surface area contributed by atoms with Crippen LogP contribution in [-0.4, -0.2) is 41.3 Å². The predicted octanol–water partition coefficient (Wildman–Crippen LogP) is 3.33. The molecule has 2 aromatic rings. The van der Waals surface area contributed by atoms with E-state index in [0.29, 0.717) is 0 Å². The zero-order chi connectivity index (χ0) is 16.7. The quantitative estimate of drug-likeness (QED) is 0.311. The first-order valence-corrected chi connectivity index (χ1v) is 8.10. The number of aliphatic imine (C=N–C) groups is 1. The molecule has 0 aliphatic rings. The third kappa shape index (κ3) is 6.32. The van der Waals surface area contributed by atoms with Gasteiger partial charge in [0.1, 0.15) is 0 Å². The average Bonchev–Trinajstić information content (AvgIpc) is 2.94. The topological polar surface area (TPSA) is 45.5 Å². The molecule has 132 valence electrons. The van der Waals surface area contributed by atoms with Gasteiger partial charge in [-0.25, -0.2) is 0 Å². The Hall–Kier alpha value is -1.28. The summed E-state index contributed by atoms with van der Waals surface area (Å²) in [6.07, 6.45) is 5.85. The van der Waals surface area contributed by atoms with Gasteiger partial charge in [-0.05, 0) is 24.5 Å². The number of aromatic nitrogens is 2. The van der Waals surface area contributed by atoms with Gasteiger partial charge in [0.2, 0.25) is 0 Å². The second kappa shape index (κ2) is 10.6. The Morgan fingerprint density at radius 2 is 2.12 bits per heavy atom. The molecule has 0 spiro atoms. The third-order valence-corrected chi connectivity index (χ3v) is 3.98. The lowest BCUT2D eigenvalue weighted by Crippen LogP contribution is -2.38. The van der Waals surface area contributed by atoms with E-state index in [-0.39, 0.29) is 24.0 Å². The molecule has 0 unspecified atom stereocenters. The van der Waals surface area contributed by atoms with Crippen LogP contribution in [-0.2, 0) is 20.0 Å². The first kappa shape index (κ1) is 20.8. The van der Waals surface area contributed by atoms with Crippen LogP contribution in [0.5, 0.6) is 0 Å². The van der Waals surface area contributed by atoms with Crippen LogP contribution in [0.15, 0.2) is 41.7 Å². The molecule has 1 N–H and O–H groups in total. The Morgan fingerprint density at radius 3 is 2.75 bits per heavy atom. The summed E-state index contributed by atoms with van der Waals surface area (Å²) in [4.78, 5) is 6.42. The van der Waals surface area contributed by atoms with Gasteiger partial charge in [0, 0.05) is 51.0 Å². The molecular formula is C17H25ClIN5. The highest BCUT2D eigenvalue weighted by molar-refractivity contribution is 14.0. The van der Waals surface area contributed by atoms with Gasteiger partial charge in [0.15, 0.2) is 5.96 Å². The number of benzene rings is 1. The van der Waals surface area contributed by atoms with E-state index in [4.69, 9.17) is 11.6 Å². The van der Waals surface area contributed by atoms with E-state index in [9.17, 15) is 0 Å². The smallest absolute Gasteiger partial charge is 0.193 e. The fourth-order valence-corrected chi connectivity index (χ4v) is 2.70. The van der Waals surface area contributed by atoms with Gasteiger partial charge in [-0.15, -0.1) is 24.0 Å². The van der Waals surface area contributed by atoms with E-state index in [1.807, 2.05) is 49.4 Å². The van der Waals surface area contributed by atoms with Gasteiger partial charge >= 0.3 is 0 Å². The van der Waals surface area contributed by atoms with Crippen molar-refractivity contribution in [2.45, 2.75) is 19.4 Å². The minimum Gasteiger partial charge on any atom is -0.356 e. The lowest BCUT2D eigenvalue weighted by atomic mass is 10.1. The van der Waals surface area contributed by atoms with Crippen LogP contribution in [0, 0.1) is 0 Å². The molecule has 1 aromatic heterocycles. The number of aryl methyl sites for hydroxylation is 2. The molecular weight excluding hydrogens is 437 g/mol. The zero-order valence-electron chi connectivity index (χ0n) is 14.4. The van der Waals surface area contributed by atoms with Gasteiger partial charge in [-0.2, -0.15) is 5.10 Å².